The van der Waals surface area contributed by atoms with Crippen LogP contribution in [0.4, 0.5) is 5.69 Å². The molecular weight excluding hydrogens is 200 g/mol. The lowest BCUT2D eigenvalue weighted by atomic mass is 10.2. The van der Waals surface area contributed by atoms with Crippen LogP contribution in [-0.4, -0.2) is 45.5 Å². The molecule has 0 atom stereocenters. The van der Waals surface area contributed by atoms with Crippen molar-refractivity contribution >= 4 is 11.7 Å². The van der Waals surface area contributed by atoms with Crippen molar-refractivity contribution in [1.29, 1.82) is 0 Å². The number of nitrogens with one attached hydrogen (secondary N) is 1. The van der Waals surface area contributed by atoms with Gasteiger partial charge in [0.05, 0.1) is 19.3 Å². The Kier molecular flexibility index (Phi) is 4.02. The summed E-state index contributed by atoms with van der Waals surface area (Å²) in [5.74, 6) is -1.12. The Morgan fingerprint density at radius 2 is 2.13 bits per heavy atom. The van der Waals surface area contributed by atoms with Crippen molar-refractivity contribution in [3.8, 4) is 0 Å². The molecule has 0 radical (unpaired) electrons. The average Bonchev–Trinajstić information content (AvgIpc) is 2.26. The number of rotatable bonds is 5. The topological polar surface area (TPSA) is 103 Å². The number of aliphatic hydroxyl groups is 2. The first-order valence-electron chi connectivity index (χ1n) is 4.35. The van der Waals surface area contributed by atoms with E-state index < -0.39 is 12.0 Å². The van der Waals surface area contributed by atoms with Gasteiger partial charge in [0.25, 0.3) is 0 Å². The first kappa shape index (κ1) is 11.4. The molecule has 1 aromatic rings. The summed E-state index contributed by atoms with van der Waals surface area (Å²) in [5, 5.41) is 29.1. The minimum Gasteiger partial charge on any atom is -0.477 e. The Morgan fingerprint density at radius 3 is 2.67 bits per heavy atom. The van der Waals surface area contributed by atoms with Gasteiger partial charge in [0.2, 0.25) is 0 Å². The average molecular weight is 212 g/mol. The summed E-state index contributed by atoms with van der Waals surface area (Å²) in [7, 11) is 0. The minimum absolute atomic E-state index is 0.0883. The molecule has 4 N–H and O–H groups in total. The zero-order valence-electron chi connectivity index (χ0n) is 7.92. The van der Waals surface area contributed by atoms with E-state index in [1.807, 2.05) is 0 Å². The third kappa shape index (κ3) is 3.19. The van der Waals surface area contributed by atoms with Crippen LogP contribution in [-0.2, 0) is 0 Å². The molecule has 6 nitrogen and oxygen atoms in total. The summed E-state index contributed by atoms with van der Waals surface area (Å²) in [6, 6.07) is 2.39. The monoisotopic (exact) mass is 212 g/mol. The Balaban J connectivity index is 2.77. The predicted molar refractivity (Wildman–Crippen MR) is 52.8 cm³/mol. The van der Waals surface area contributed by atoms with Crippen molar-refractivity contribution in [2.24, 2.45) is 0 Å². The SMILES string of the molecule is O=C(O)c1cc(NC(CO)CO)ccn1. The number of pyridine rings is 1. The fourth-order valence-corrected chi connectivity index (χ4v) is 1.02. The van der Waals surface area contributed by atoms with Gasteiger partial charge in [-0.15, -0.1) is 0 Å². The summed E-state index contributed by atoms with van der Waals surface area (Å²) in [6.45, 7) is -0.470. The van der Waals surface area contributed by atoms with Crippen molar-refractivity contribution in [3.05, 3.63) is 24.0 Å². The van der Waals surface area contributed by atoms with E-state index in [0.717, 1.165) is 0 Å². The summed E-state index contributed by atoms with van der Waals surface area (Å²) in [6.07, 6.45) is 1.34. The second-order valence-corrected chi connectivity index (χ2v) is 2.94. The van der Waals surface area contributed by atoms with Gasteiger partial charge >= 0.3 is 5.97 Å². The molecule has 0 aliphatic rings. The van der Waals surface area contributed by atoms with Gasteiger partial charge in [0.15, 0.2) is 0 Å². The molecule has 6 heteroatoms. The van der Waals surface area contributed by atoms with E-state index in [1.165, 1.54) is 12.3 Å². The Morgan fingerprint density at radius 1 is 1.47 bits per heavy atom. The van der Waals surface area contributed by atoms with E-state index in [0.29, 0.717) is 5.69 Å². The second kappa shape index (κ2) is 5.28. The Hall–Kier alpha value is -1.66. The van der Waals surface area contributed by atoms with Gasteiger partial charge in [0.1, 0.15) is 5.69 Å². The molecule has 0 aromatic carbocycles. The molecule has 0 aliphatic heterocycles. The molecule has 0 saturated carbocycles. The van der Waals surface area contributed by atoms with Crippen LogP contribution in [0.1, 0.15) is 10.5 Å². The highest BCUT2D eigenvalue weighted by Gasteiger charge is 2.08. The molecule has 0 amide bonds. The van der Waals surface area contributed by atoms with Gasteiger partial charge in [-0.2, -0.15) is 0 Å². The quantitative estimate of drug-likeness (QED) is 0.527. The number of aromatic carboxylic acids is 1. The molecule has 0 fully saturated rings. The summed E-state index contributed by atoms with van der Waals surface area (Å²) in [4.78, 5) is 14.2. The molecule has 0 bridgehead atoms. The normalized spacial score (nSPS) is 10.3. The molecule has 15 heavy (non-hydrogen) atoms. The van der Waals surface area contributed by atoms with E-state index >= 15 is 0 Å². The van der Waals surface area contributed by atoms with Gasteiger partial charge in [-0.05, 0) is 12.1 Å². The van der Waals surface area contributed by atoms with E-state index in [1.54, 1.807) is 6.07 Å². The molecule has 0 aliphatic carbocycles. The van der Waals surface area contributed by atoms with Crippen LogP contribution in [0.15, 0.2) is 18.3 Å². The van der Waals surface area contributed by atoms with Crippen LogP contribution >= 0.6 is 0 Å². The van der Waals surface area contributed by atoms with Crippen molar-refractivity contribution in [2.45, 2.75) is 6.04 Å². The minimum atomic E-state index is -1.12. The number of hydrogen-bond donors (Lipinski definition) is 4. The smallest absolute Gasteiger partial charge is 0.354 e. The molecular formula is C9H12N2O4. The second-order valence-electron chi connectivity index (χ2n) is 2.94. The van der Waals surface area contributed by atoms with E-state index in [2.05, 4.69) is 10.3 Å². The fraction of sp³-hybridized carbons (Fsp3) is 0.333. The van der Waals surface area contributed by atoms with Crippen LogP contribution < -0.4 is 5.32 Å². The van der Waals surface area contributed by atoms with Crippen LogP contribution in [0.5, 0.6) is 0 Å². The summed E-state index contributed by atoms with van der Waals surface area (Å²) >= 11 is 0. The molecule has 0 saturated heterocycles. The largest absolute Gasteiger partial charge is 0.477 e. The van der Waals surface area contributed by atoms with Crippen molar-refractivity contribution in [3.63, 3.8) is 0 Å². The molecule has 82 valence electrons. The van der Waals surface area contributed by atoms with E-state index in [4.69, 9.17) is 15.3 Å². The highest BCUT2D eigenvalue weighted by atomic mass is 16.4. The number of aromatic nitrogens is 1. The maximum absolute atomic E-state index is 10.6. The number of carbonyl (C=O) groups is 1. The van der Waals surface area contributed by atoms with Crippen molar-refractivity contribution < 1.29 is 20.1 Å². The number of carboxylic acid groups (broad SMARTS) is 1. The van der Waals surface area contributed by atoms with Gasteiger partial charge in [-0.25, -0.2) is 9.78 Å². The maximum atomic E-state index is 10.6. The van der Waals surface area contributed by atoms with E-state index in [-0.39, 0.29) is 18.9 Å². The number of nitrogens with zero attached hydrogens (tertiary/aromatic N) is 1. The Bertz CT molecular complexity index is 339. The standard InChI is InChI=1S/C9H12N2O4/c12-4-7(5-13)11-6-1-2-10-8(3-6)9(14)15/h1-3,7,12-13H,4-5H2,(H,10,11)(H,14,15). The predicted octanol–water partition coefficient (Wildman–Crippen LogP) is -0.455. The molecule has 1 aromatic heterocycles. The van der Waals surface area contributed by atoms with Gasteiger partial charge < -0.3 is 20.6 Å². The zero-order chi connectivity index (χ0) is 11.3. The first-order valence-corrected chi connectivity index (χ1v) is 4.35. The van der Waals surface area contributed by atoms with Gasteiger partial charge in [-0.1, -0.05) is 0 Å². The van der Waals surface area contributed by atoms with E-state index in [9.17, 15) is 4.79 Å². The fourth-order valence-electron chi connectivity index (χ4n) is 1.02. The van der Waals surface area contributed by atoms with Crippen LogP contribution in [0, 0.1) is 0 Å². The lowest BCUT2D eigenvalue weighted by Gasteiger charge is -2.14. The summed E-state index contributed by atoms with van der Waals surface area (Å²) in [5.41, 5.74) is 0.408. The highest BCUT2D eigenvalue weighted by molar-refractivity contribution is 5.86. The summed E-state index contributed by atoms with van der Waals surface area (Å²) < 4.78 is 0. The van der Waals surface area contributed by atoms with Crippen LogP contribution in [0.25, 0.3) is 0 Å². The third-order valence-electron chi connectivity index (χ3n) is 1.79. The molecule has 0 spiro atoms. The van der Waals surface area contributed by atoms with Gasteiger partial charge in [-0.3, -0.25) is 0 Å². The third-order valence-corrected chi connectivity index (χ3v) is 1.79. The Labute approximate surface area is 86.2 Å². The van der Waals surface area contributed by atoms with Crippen molar-refractivity contribution in [1.82, 2.24) is 4.98 Å². The maximum Gasteiger partial charge on any atom is 0.354 e. The van der Waals surface area contributed by atoms with Gasteiger partial charge in [0, 0.05) is 11.9 Å². The van der Waals surface area contributed by atoms with Crippen molar-refractivity contribution in [2.75, 3.05) is 18.5 Å². The number of hydrogen-bond acceptors (Lipinski definition) is 5. The van der Waals surface area contributed by atoms with Crippen LogP contribution in [0.2, 0.25) is 0 Å². The molecule has 1 rings (SSSR count). The highest BCUT2D eigenvalue weighted by Crippen LogP contribution is 2.09. The number of carboxylic acids is 1. The molecule has 1 heterocycles. The first-order chi connectivity index (χ1) is 7.17. The number of anilines is 1. The lowest BCUT2D eigenvalue weighted by Crippen LogP contribution is -2.27. The number of aliphatic hydroxyl groups excluding tert-OH is 2. The lowest BCUT2D eigenvalue weighted by molar-refractivity contribution is 0.0690. The van der Waals surface area contributed by atoms with Crippen LogP contribution in [0.3, 0.4) is 0 Å². The molecule has 0 unspecified atom stereocenters. The zero-order valence-corrected chi connectivity index (χ0v) is 7.92.